The number of hydrogen-bond donors (Lipinski definition) is 0. The predicted molar refractivity (Wildman–Crippen MR) is 62.2 cm³/mol. The molecule has 0 bridgehead atoms. The molecule has 0 N–H and O–H groups in total. The summed E-state index contributed by atoms with van der Waals surface area (Å²) in [5, 5.41) is 1.17. The maximum atomic E-state index is 4.29. The highest BCUT2D eigenvalue weighted by Crippen LogP contribution is 2.18. The molecular weight excluding hydrogens is 329 g/mol. The highest BCUT2D eigenvalue weighted by atomic mass is 127. The number of benzene rings is 1. The van der Waals surface area contributed by atoms with Crippen LogP contribution in [0.4, 0.5) is 0 Å². The van der Waals surface area contributed by atoms with E-state index >= 15 is 0 Å². The lowest BCUT2D eigenvalue weighted by molar-refractivity contribution is 1.39. The molecule has 3 heteroatoms. The summed E-state index contributed by atoms with van der Waals surface area (Å²) in [6.07, 6.45) is 1.82. The molecule has 0 atom stereocenters. The molecule has 0 aliphatic carbocycles. The lowest BCUT2D eigenvalue weighted by atomic mass is 10.2. The summed E-state index contributed by atoms with van der Waals surface area (Å²) in [4.78, 5) is 4.29. The second-order valence-electron chi connectivity index (χ2n) is 2.49. The Morgan fingerprint density at radius 2 is 2.08 bits per heavy atom. The van der Waals surface area contributed by atoms with Crippen LogP contribution < -0.4 is 0 Å². The molecule has 60 valence electrons. The second kappa shape index (κ2) is 3.30. The van der Waals surface area contributed by atoms with Gasteiger partial charge in [-0.15, -0.1) is 0 Å². The number of pyridine rings is 1. The first-order chi connectivity index (χ1) is 5.75. The fourth-order valence-electron chi connectivity index (χ4n) is 1.07. The largest absolute Gasteiger partial charge is 0.255 e. The minimum Gasteiger partial charge on any atom is -0.255 e. The van der Waals surface area contributed by atoms with Crippen LogP contribution in [-0.2, 0) is 0 Å². The molecule has 0 amide bonds. The van der Waals surface area contributed by atoms with Crippen molar-refractivity contribution in [3.8, 4) is 0 Å². The molecule has 0 saturated heterocycles. The second-order valence-corrected chi connectivity index (χ2v) is 4.65. The minimum absolute atomic E-state index is 1.02. The van der Waals surface area contributed by atoms with Crippen LogP contribution in [0.2, 0.25) is 0 Å². The number of rotatable bonds is 0. The zero-order chi connectivity index (χ0) is 8.55. The van der Waals surface area contributed by atoms with Crippen molar-refractivity contribution in [2.24, 2.45) is 0 Å². The first-order valence-electron chi connectivity index (χ1n) is 3.46. The molecule has 0 aliphatic heterocycles. The number of nitrogens with zero attached hydrogens (tertiary/aromatic N) is 1. The monoisotopic (exact) mass is 333 g/mol. The van der Waals surface area contributed by atoms with Crippen LogP contribution in [0.15, 0.2) is 34.9 Å². The van der Waals surface area contributed by atoms with Crippen LogP contribution in [0.1, 0.15) is 0 Å². The first-order valence-corrected chi connectivity index (χ1v) is 5.34. The van der Waals surface area contributed by atoms with E-state index in [9.17, 15) is 0 Å². The molecule has 0 spiro atoms. The van der Waals surface area contributed by atoms with Gasteiger partial charge in [0.15, 0.2) is 0 Å². The molecule has 1 nitrogen and oxygen atoms in total. The van der Waals surface area contributed by atoms with Gasteiger partial charge in [-0.25, -0.2) is 0 Å². The third-order valence-electron chi connectivity index (χ3n) is 1.61. The van der Waals surface area contributed by atoms with Crippen molar-refractivity contribution in [2.45, 2.75) is 0 Å². The summed E-state index contributed by atoms with van der Waals surface area (Å²) in [6, 6.07) is 8.30. The zero-order valence-electron chi connectivity index (χ0n) is 6.09. The molecular formula is C9H5BrIN. The summed E-state index contributed by atoms with van der Waals surface area (Å²) < 4.78 is 2.24. The maximum absolute atomic E-state index is 4.29. The van der Waals surface area contributed by atoms with Gasteiger partial charge in [0.25, 0.3) is 0 Å². The Morgan fingerprint density at radius 1 is 1.25 bits per heavy atom. The Balaban J connectivity index is 2.79. The first kappa shape index (κ1) is 8.44. The molecule has 0 unspecified atom stereocenters. The smallest absolute Gasteiger partial charge is 0.0713 e. The Morgan fingerprint density at radius 3 is 2.92 bits per heavy atom. The van der Waals surface area contributed by atoms with Crippen LogP contribution >= 0.6 is 38.5 Å². The molecule has 1 aromatic heterocycles. The van der Waals surface area contributed by atoms with Crippen LogP contribution in [-0.4, -0.2) is 4.98 Å². The van der Waals surface area contributed by atoms with Gasteiger partial charge in [0, 0.05) is 19.6 Å². The van der Waals surface area contributed by atoms with E-state index in [2.05, 4.69) is 67.8 Å². The average molecular weight is 334 g/mol. The number of fused-ring (bicyclic) bond motifs is 1. The van der Waals surface area contributed by atoms with Gasteiger partial charge in [-0.1, -0.05) is 6.07 Å². The zero-order valence-corrected chi connectivity index (χ0v) is 9.83. The Hall–Kier alpha value is -0.160. The van der Waals surface area contributed by atoms with Gasteiger partial charge >= 0.3 is 0 Å². The lowest BCUT2D eigenvalue weighted by Crippen LogP contribution is -1.79. The summed E-state index contributed by atoms with van der Waals surface area (Å²) in [6.45, 7) is 0. The Bertz CT molecular complexity index is 387. The summed E-state index contributed by atoms with van der Waals surface area (Å²) in [5.41, 5.74) is 1.05. The van der Waals surface area contributed by atoms with E-state index in [-0.39, 0.29) is 0 Å². The lowest BCUT2D eigenvalue weighted by Gasteiger charge is -1.97. The molecule has 0 fully saturated rings. The van der Waals surface area contributed by atoms with Gasteiger partial charge in [-0.2, -0.15) is 0 Å². The van der Waals surface area contributed by atoms with Gasteiger partial charge in [0.05, 0.1) is 5.52 Å². The quantitative estimate of drug-likeness (QED) is 0.671. The fraction of sp³-hybridized carbons (Fsp3) is 0. The van der Waals surface area contributed by atoms with E-state index in [1.807, 2.05) is 6.20 Å². The number of aromatic nitrogens is 1. The van der Waals surface area contributed by atoms with E-state index in [0.717, 1.165) is 9.99 Å². The fourth-order valence-corrected chi connectivity index (χ4v) is 1.89. The highest BCUT2D eigenvalue weighted by Gasteiger charge is 1.95. The third-order valence-corrected chi connectivity index (χ3v) is 2.72. The molecule has 12 heavy (non-hydrogen) atoms. The van der Waals surface area contributed by atoms with Gasteiger partial charge in [-0.05, 0) is 56.7 Å². The highest BCUT2D eigenvalue weighted by molar-refractivity contribution is 14.1. The van der Waals surface area contributed by atoms with Crippen molar-refractivity contribution in [3.05, 3.63) is 38.5 Å². The van der Waals surface area contributed by atoms with Gasteiger partial charge in [0.2, 0.25) is 0 Å². The van der Waals surface area contributed by atoms with Crippen molar-refractivity contribution in [1.82, 2.24) is 4.98 Å². The van der Waals surface area contributed by atoms with Crippen molar-refractivity contribution >= 4 is 49.4 Å². The predicted octanol–water partition coefficient (Wildman–Crippen LogP) is 3.60. The number of halogens is 2. The van der Waals surface area contributed by atoms with Gasteiger partial charge in [-0.3, -0.25) is 4.98 Å². The van der Waals surface area contributed by atoms with Crippen LogP contribution in [0.5, 0.6) is 0 Å². The van der Waals surface area contributed by atoms with Crippen LogP contribution in [0.25, 0.3) is 10.9 Å². The molecule has 0 aliphatic rings. The summed E-state index contributed by atoms with van der Waals surface area (Å²) in [7, 11) is 0. The summed E-state index contributed by atoms with van der Waals surface area (Å²) in [5.74, 6) is 0. The van der Waals surface area contributed by atoms with E-state index in [4.69, 9.17) is 0 Å². The molecule has 2 aromatic rings. The van der Waals surface area contributed by atoms with Gasteiger partial charge in [0.1, 0.15) is 0 Å². The average Bonchev–Trinajstić information content (AvgIpc) is 2.05. The van der Waals surface area contributed by atoms with E-state index in [0.29, 0.717) is 0 Å². The molecule has 2 rings (SSSR count). The van der Waals surface area contributed by atoms with Crippen LogP contribution in [0.3, 0.4) is 0 Å². The topological polar surface area (TPSA) is 12.9 Å². The van der Waals surface area contributed by atoms with E-state index in [1.165, 1.54) is 8.96 Å². The Kier molecular flexibility index (Phi) is 2.32. The van der Waals surface area contributed by atoms with Crippen molar-refractivity contribution < 1.29 is 0 Å². The number of hydrogen-bond acceptors (Lipinski definition) is 1. The van der Waals surface area contributed by atoms with Crippen molar-refractivity contribution in [1.29, 1.82) is 0 Å². The maximum Gasteiger partial charge on any atom is 0.0713 e. The SMILES string of the molecule is Brc1cnc2cc(I)ccc2c1. The minimum atomic E-state index is 1.02. The van der Waals surface area contributed by atoms with Crippen molar-refractivity contribution in [3.63, 3.8) is 0 Å². The van der Waals surface area contributed by atoms with E-state index in [1.54, 1.807) is 0 Å². The van der Waals surface area contributed by atoms with Crippen LogP contribution in [0, 0.1) is 3.57 Å². The van der Waals surface area contributed by atoms with E-state index < -0.39 is 0 Å². The van der Waals surface area contributed by atoms with Crippen molar-refractivity contribution in [2.75, 3.05) is 0 Å². The molecule has 1 aromatic carbocycles. The normalized spacial score (nSPS) is 10.5. The standard InChI is InChI=1S/C9H5BrIN/c10-7-3-6-1-2-8(11)4-9(6)12-5-7/h1-5H. The molecule has 0 saturated carbocycles. The molecule has 0 radical (unpaired) electrons. The Labute approximate surface area is 92.5 Å². The summed E-state index contributed by atoms with van der Waals surface area (Å²) >= 11 is 5.67. The molecule has 1 heterocycles. The third kappa shape index (κ3) is 1.61. The van der Waals surface area contributed by atoms with Gasteiger partial charge < -0.3 is 0 Å².